The van der Waals surface area contributed by atoms with Crippen LogP contribution in [-0.4, -0.2) is 23.0 Å². The van der Waals surface area contributed by atoms with Crippen molar-refractivity contribution in [2.45, 2.75) is 19.4 Å². The number of carbonyl (C=O) groups excluding carboxylic acids is 1. The lowest BCUT2D eigenvalue weighted by molar-refractivity contribution is -0.142. The minimum absolute atomic E-state index is 0.0447. The minimum atomic E-state index is -0.935. The summed E-state index contributed by atoms with van der Waals surface area (Å²) < 4.78 is 0. The quantitative estimate of drug-likeness (QED) is 0.879. The van der Waals surface area contributed by atoms with E-state index >= 15 is 0 Å². The summed E-state index contributed by atoms with van der Waals surface area (Å²) in [4.78, 5) is 24.3. The highest BCUT2D eigenvalue weighted by atomic mass is 35.5. The molecule has 0 radical (unpaired) electrons. The Hall–Kier alpha value is -1.55. The number of nitrogens with zero attached hydrogens (tertiary/aromatic N) is 1. The average Bonchev–Trinajstić information content (AvgIpc) is 2.54. The predicted molar refractivity (Wildman–Crippen MR) is 64.1 cm³/mol. The van der Waals surface area contributed by atoms with Crippen LogP contribution in [-0.2, 0) is 9.59 Å². The highest BCUT2D eigenvalue weighted by Crippen LogP contribution is 2.32. The van der Waals surface area contributed by atoms with Gasteiger partial charge < -0.3 is 10.0 Å². The fourth-order valence-corrected chi connectivity index (χ4v) is 2.35. The van der Waals surface area contributed by atoms with Crippen molar-refractivity contribution in [3.63, 3.8) is 0 Å². The van der Waals surface area contributed by atoms with Gasteiger partial charge in [0.2, 0.25) is 5.91 Å². The Morgan fingerprint density at radius 1 is 1.53 bits per heavy atom. The van der Waals surface area contributed by atoms with E-state index in [4.69, 9.17) is 16.7 Å². The fourth-order valence-electron chi connectivity index (χ4n) is 2.16. The number of carboxylic acid groups (broad SMARTS) is 1. The van der Waals surface area contributed by atoms with Crippen molar-refractivity contribution in [1.29, 1.82) is 0 Å². The number of hydrogen-bond donors (Lipinski definition) is 1. The lowest BCUT2D eigenvalue weighted by atomic mass is 10.0. The molecule has 2 rings (SSSR count). The van der Waals surface area contributed by atoms with E-state index in [0.717, 1.165) is 0 Å². The number of carbonyl (C=O) groups is 2. The number of halogens is 1. The zero-order valence-corrected chi connectivity index (χ0v) is 10.0. The SMILES string of the molecule is CC1C(C(=O)O)CC(=O)N1c1cccc(Cl)c1. The van der Waals surface area contributed by atoms with Gasteiger partial charge in [0.15, 0.2) is 0 Å². The van der Waals surface area contributed by atoms with E-state index in [1.165, 1.54) is 4.90 Å². The third-order valence-corrected chi connectivity index (χ3v) is 3.29. The maximum atomic E-state index is 11.8. The largest absolute Gasteiger partial charge is 0.481 e. The molecule has 1 saturated heterocycles. The van der Waals surface area contributed by atoms with Crippen LogP contribution in [0.4, 0.5) is 5.69 Å². The van der Waals surface area contributed by atoms with E-state index in [9.17, 15) is 9.59 Å². The van der Waals surface area contributed by atoms with Crippen molar-refractivity contribution >= 4 is 29.2 Å². The van der Waals surface area contributed by atoms with Gasteiger partial charge in [-0.2, -0.15) is 0 Å². The van der Waals surface area contributed by atoms with Gasteiger partial charge in [-0.15, -0.1) is 0 Å². The number of aliphatic carboxylic acids is 1. The molecular weight excluding hydrogens is 242 g/mol. The first-order valence-electron chi connectivity index (χ1n) is 5.31. The number of carboxylic acids is 1. The van der Waals surface area contributed by atoms with Crippen LogP contribution in [0.15, 0.2) is 24.3 Å². The second kappa shape index (κ2) is 4.37. The Morgan fingerprint density at radius 2 is 2.24 bits per heavy atom. The van der Waals surface area contributed by atoms with Crippen LogP contribution in [0.3, 0.4) is 0 Å². The fraction of sp³-hybridized carbons (Fsp3) is 0.333. The molecule has 0 spiro atoms. The van der Waals surface area contributed by atoms with Gasteiger partial charge in [0.1, 0.15) is 0 Å². The van der Waals surface area contributed by atoms with Crippen LogP contribution in [0.1, 0.15) is 13.3 Å². The lowest BCUT2D eigenvalue weighted by Gasteiger charge is -2.23. The van der Waals surface area contributed by atoms with Crippen molar-refractivity contribution in [2.75, 3.05) is 4.90 Å². The maximum absolute atomic E-state index is 11.8. The summed E-state index contributed by atoms with van der Waals surface area (Å²) in [6, 6.07) is 6.53. The maximum Gasteiger partial charge on any atom is 0.309 e. The monoisotopic (exact) mass is 253 g/mol. The Morgan fingerprint density at radius 3 is 2.76 bits per heavy atom. The van der Waals surface area contributed by atoms with Crippen molar-refractivity contribution in [3.05, 3.63) is 29.3 Å². The molecule has 1 aliphatic heterocycles. The molecule has 1 fully saturated rings. The molecule has 0 aromatic heterocycles. The van der Waals surface area contributed by atoms with Gasteiger partial charge in [-0.25, -0.2) is 0 Å². The molecule has 1 amide bonds. The highest BCUT2D eigenvalue weighted by molar-refractivity contribution is 6.31. The number of benzene rings is 1. The van der Waals surface area contributed by atoms with Gasteiger partial charge in [0.05, 0.1) is 5.92 Å². The minimum Gasteiger partial charge on any atom is -0.481 e. The molecule has 0 bridgehead atoms. The first-order chi connectivity index (χ1) is 8.00. The molecule has 0 saturated carbocycles. The van der Waals surface area contributed by atoms with E-state index in [1.54, 1.807) is 31.2 Å². The molecule has 17 heavy (non-hydrogen) atoms. The van der Waals surface area contributed by atoms with Gasteiger partial charge in [-0.05, 0) is 25.1 Å². The Balaban J connectivity index is 2.33. The smallest absolute Gasteiger partial charge is 0.309 e. The molecule has 1 aromatic carbocycles. The van der Waals surface area contributed by atoms with Crippen molar-refractivity contribution < 1.29 is 14.7 Å². The summed E-state index contributed by atoms with van der Waals surface area (Å²) in [6.45, 7) is 1.74. The molecule has 1 aliphatic rings. The topological polar surface area (TPSA) is 57.6 Å². The molecule has 1 aromatic rings. The molecule has 90 valence electrons. The van der Waals surface area contributed by atoms with E-state index in [-0.39, 0.29) is 18.4 Å². The lowest BCUT2D eigenvalue weighted by Crippen LogP contribution is -2.34. The van der Waals surface area contributed by atoms with Crippen LogP contribution in [0.25, 0.3) is 0 Å². The van der Waals surface area contributed by atoms with Gasteiger partial charge in [0.25, 0.3) is 0 Å². The van der Waals surface area contributed by atoms with E-state index < -0.39 is 11.9 Å². The Bertz CT molecular complexity index is 475. The average molecular weight is 254 g/mol. The summed E-state index contributed by atoms with van der Waals surface area (Å²) in [5, 5.41) is 9.54. The third-order valence-electron chi connectivity index (χ3n) is 3.06. The second-order valence-corrected chi connectivity index (χ2v) is 4.57. The van der Waals surface area contributed by atoms with Crippen LogP contribution in [0, 0.1) is 5.92 Å². The molecule has 5 heteroatoms. The zero-order valence-electron chi connectivity index (χ0n) is 9.26. The molecule has 2 unspecified atom stereocenters. The first kappa shape index (κ1) is 11.9. The predicted octanol–water partition coefficient (Wildman–Crippen LogP) is 2.17. The third kappa shape index (κ3) is 2.13. The molecule has 1 heterocycles. The summed E-state index contributed by atoms with van der Waals surface area (Å²) in [7, 11) is 0. The summed E-state index contributed by atoms with van der Waals surface area (Å²) >= 11 is 5.86. The number of hydrogen-bond acceptors (Lipinski definition) is 2. The van der Waals surface area contributed by atoms with Crippen LogP contribution in [0.2, 0.25) is 5.02 Å². The van der Waals surface area contributed by atoms with Crippen molar-refractivity contribution in [2.24, 2.45) is 5.92 Å². The van der Waals surface area contributed by atoms with Crippen molar-refractivity contribution in [3.8, 4) is 0 Å². The number of amides is 1. The highest BCUT2D eigenvalue weighted by Gasteiger charge is 2.41. The molecule has 1 N–H and O–H groups in total. The molecule has 2 atom stereocenters. The van der Waals surface area contributed by atoms with E-state index in [0.29, 0.717) is 10.7 Å². The van der Waals surface area contributed by atoms with Gasteiger partial charge in [-0.3, -0.25) is 9.59 Å². The van der Waals surface area contributed by atoms with E-state index in [1.807, 2.05) is 0 Å². The summed E-state index contributed by atoms with van der Waals surface area (Å²) in [6.07, 6.45) is 0.0447. The number of rotatable bonds is 2. The molecule has 0 aliphatic carbocycles. The van der Waals surface area contributed by atoms with Crippen LogP contribution >= 0.6 is 11.6 Å². The van der Waals surface area contributed by atoms with Gasteiger partial charge >= 0.3 is 5.97 Å². The normalized spacial score (nSPS) is 24.1. The second-order valence-electron chi connectivity index (χ2n) is 4.13. The van der Waals surface area contributed by atoms with Gasteiger partial charge in [-0.1, -0.05) is 17.7 Å². The summed E-state index contributed by atoms with van der Waals surface area (Å²) in [5.74, 6) is -1.76. The van der Waals surface area contributed by atoms with Crippen LogP contribution < -0.4 is 4.90 Å². The van der Waals surface area contributed by atoms with Gasteiger partial charge in [0, 0.05) is 23.2 Å². The zero-order chi connectivity index (χ0) is 12.6. The van der Waals surface area contributed by atoms with Crippen LogP contribution in [0.5, 0.6) is 0 Å². The number of anilines is 1. The first-order valence-corrected chi connectivity index (χ1v) is 5.69. The molecule has 4 nitrogen and oxygen atoms in total. The Kier molecular flexibility index (Phi) is 3.07. The Labute approximate surface area is 104 Å². The molecular formula is C12H12ClNO3. The van der Waals surface area contributed by atoms with Crippen molar-refractivity contribution in [1.82, 2.24) is 0 Å². The standard InChI is InChI=1S/C12H12ClNO3/c1-7-10(12(16)17)6-11(15)14(7)9-4-2-3-8(13)5-9/h2-5,7,10H,6H2,1H3,(H,16,17). The summed E-state index contributed by atoms with van der Waals surface area (Å²) in [5.41, 5.74) is 0.652. The van der Waals surface area contributed by atoms with E-state index in [2.05, 4.69) is 0 Å².